The average Bonchev–Trinajstić information content (AvgIpc) is 2.51. The number of carbonyl (C=O) groups is 4. The van der Waals surface area contributed by atoms with Gasteiger partial charge in [-0.2, -0.15) is 0 Å². The maximum absolute atomic E-state index is 12.3. The second-order valence-corrected chi connectivity index (χ2v) is 4.34. The monoisotopic (exact) mass is 330 g/mol. The van der Waals surface area contributed by atoms with Crippen molar-refractivity contribution >= 4 is 23.9 Å². The Morgan fingerprint density at radius 2 is 1.17 bits per heavy atom. The van der Waals surface area contributed by atoms with Gasteiger partial charge < -0.3 is 18.9 Å². The van der Waals surface area contributed by atoms with Gasteiger partial charge >= 0.3 is 23.9 Å². The summed E-state index contributed by atoms with van der Waals surface area (Å²) in [5.74, 6) is -4.36. The Morgan fingerprint density at radius 3 is 1.43 bits per heavy atom. The Hall–Kier alpha value is -2.38. The van der Waals surface area contributed by atoms with Crippen molar-refractivity contribution in [3.8, 4) is 0 Å². The van der Waals surface area contributed by atoms with E-state index in [0.29, 0.717) is 0 Å². The molecule has 0 heterocycles. The molecule has 0 saturated heterocycles. The number of methoxy groups -OCH3 is 1. The molecule has 0 aromatic carbocycles. The van der Waals surface area contributed by atoms with E-state index in [2.05, 4.69) is 11.3 Å². The predicted octanol–water partition coefficient (Wildman–Crippen LogP) is 0.781. The van der Waals surface area contributed by atoms with Gasteiger partial charge in [0.1, 0.15) is 0 Å². The normalized spacial score (nSPS) is 10.4. The zero-order valence-corrected chi connectivity index (χ0v) is 13.8. The SMILES string of the molecule is C=C(CC(C(=O)OCC)(C(=O)OCC)C(=O)OCC)C(=O)OC. The maximum Gasteiger partial charge on any atom is 0.335 e. The average molecular weight is 330 g/mol. The van der Waals surface area contributed by atoms with E-state index in [4.69, 9.17) is 14.2 Å². The van der Waals surface area contributed by atoms with E-state index in [9.17, 15) is 19.2 Å². The second-order valence-electron chi connectivity index (χ2n) is 4.34. The molecule has 0 aliphatic heterocycles. The highest BCUT2D eigenvalue weighted by atomic mass is 16.6. The molecule has 0 radical (unpaired) electrons. The lowest BCUT2D eigenvalue weighted by Gasteiger charge is -2.27. The van der Waals surface area contributed by atoms with Gasteiger partial charge in [0, 0.05) is 12.0 Å². The standard InChI is InChI=1S/C15H22O8/c1-6-21-12(17)15(13(18)22-7-2,14(19)23-8-3)9-10(4)11(16)20-5/h4,6-9H2,1-3,5H3. The van der Waals surface area contributed by atoms with Gasteiger partial charge in [0.2, 0.25) is 0 Å². The molecule has 0 fully saturated rings. The highest BCUT2D eigenvalue weighted by Gasteiger charge is 2.58. The molecule has 0 bridgehead atoms. The van der Waals surface area contributed by atoms with Crippen molar-refractivity contribution in [2.45, 2.75) is 27.2 Å². The summed E-state index contributed by atoms with van der Waals surface area (Å²) in [7, 11) is 1.11. The van der Waals surface area contributed by atoms with Crippen LogP contribution in [0.3, 0.4) is 0 Å². The molecule has 0 atom stereocenters. The van der Waals surface area contributed by atoms with E-state index in [1.165, 1.54) is 20.8 Å². The summed E-state index contributed by atoms with van der Waals surface area (Å²) in [6.45, 7) is 7.73. The van der Waals surface area contributed by atoms with Crippen LogP contribution in [0, 0.1) is 5.41 Å². The highest BCUT2D eigenvalue weighted by molar-refractivity contribution is 6.18. The van der Waals surface area contributed by atoms with E-state index in [1.807, 2.05) is 0 Å². The van der Waals surface area contributed by atoms with Crippen LogP contribution < -0.4 is 0 Å². The van der Waals surface area contributed by atoms with Crippen molar-refractivity contribution < 1.29 is 38.1 Å². The summed E-state index contributed by atoms with van der Waals surface area (Å²) >= 11 is 0. The van der Waals surface area contributed by atoms with E-state index in [-0.39, 0.29) is 25.4 Å². The first kappa shape index (κ1) is 20.6. The van der Waals surface area contributed by atoms with Gasteiger partial charge in [0.15, 0.2) is 0 Å². The van der Waals surface area contributed by atoms with Crippen LogP contribution in [0.2, 0.25) is 0 Å². The summed E-state index contributed by atoms with van der Waals surface area (Å²) in [5, 5.41) is 0. The minimum absolute atomic E-state index is 0.0793. The molecule has 130 valence electrons. The van der Waals surface area contributed by atoms with Gasteiger partial charge in [-0.1, -0.05) is 6.58 Å². The van der Waals surface area contributed by atoms with Crippen LogP contribution in [0.15, 0.2) is 12.2 Å². The van der Waals surface area contributed by atoms with E-state index in [0.717, 1.165) is 7.11 Å². The Morgan fingerprint density at radius 1 is 0.826 bits per heavy atom. The molecule has 0 rings (SSSR count). The summed E-state index contributed by atoms with van der Waals surface area (Å²) in [5.41, 5.74) is -2.71. The summed E-state index contributed by atoms with van der Waals surface area (Å²) in [6.07, 6.45) is -0.657. The molecule has 8 nitrogen and oxygen atoms in total. The van der Waals surface area contributed by atoms with Crippen molar-refractivity contribution in [3.63, 3.8) is 0 Å². The number of carbonyl (C=O) groups excluding carboxylic acids is 4. The number of ether oxygens (including phenoxy) is 4. The van der Waals surface area contributed by atoms with Crippen molar-refractivity contribution in [1.82, 2.24) is 0 Å². The van der Waals surface area contributed by atoms with Gasteiger partial charge in [-0.05, 0) is 20.8 Å². The van der Waals surface area contributed by atoms with Crippen LogP contribution in [0.5, 0.6) is 0 Å². The molecule has 0 saturated carbocycles. The Bertz CT molecular complexity index is 434. The number of hydrogen-bond donors (Lipinski definition) is 0. The third kappa shape index (κ3) is 4.80. The van der Waals surface area contributed by atoms with Crippen LogP contribution in [-0.2, 0) is 38.1 Å². The quantitative estimate of drug-likeness (QED) is 0.264. The van der Waals surface area contributed by atoms with Crippen molar-refractivity contribution in [2.24, 2.45) is 5.41 Å². The number of hydrogen-bond acceptors (Lipinski definition) is 8. The number of rotatable bonds is 9. The Kier molecular flexibility index (Phi) is 8.61. The fourth-order valence-electron chi connectivity index (χ4n) is 1.77. The first-order chi connectivity index (χ1) is 10.8. The lowest BCUT2D eigenvalue weighted by Crippen LogP contribution is -2.50. The second kappa shape index (κ2) is 9.60. The molecule has 0 amide bonds. The predicted molar refractivity (Wildman–Crippen MR) is 78.1 cm³/mol. The van der Waals surface area contributed by atoms with Gasteiger partial charge in [0.05, 0.1) is 26.9 Å². The molecule has 0 aliphatic rings. The third-order valence-electron chi connectivity index (χ3n) is 2.82. The van der Waals surface area contributed by atoms with Crippen LogP contribution in [0.4, 0.5) is 0 Å². The molecule has 8 heteroatoms. The first-order valence-corrected chi connectivity index (χ1v) is 7.09. The van der Waals surface area contributed by atoms with Gasteiger partial charge in [0.25, 0.3) is 5.41 Å². The van der Waals surface area contributed by atoms with E-state index < -0.39 is 35.7 Å². The zero-order valence-electron chi connectivity index (χ0n) is 13.8. The van der Waals surface area contributed by atoms with E-state index in [1.54, 1.807) is 0 Å². The first-order valence-electron chi connectivity index (χ1n) is 7.09. The molecule has 0 N–H and O–H groups in total. The molecule has 0 aromatic heterocycles. The third-order valence-corrected chi connectivity index (χ3v) is 2.82. The van der Waals surface area contributed by atoms with Crippen molar-refractivity contribution in [1.29, 1.82) is 0 Å². The molecule has 0 unspecified atom stereocenters. The lowest BCUT2D eigenvalue weighted by atomic mass is 9.81. The zero-order chi connectivity index (χ0) is 18.0. The van der Waals surface area contributed by atoms with Crippen LogP contribution in [0.1, 0.15) is 27.2 Å². The molecular weight excluding hydrogens is 308 g/mol. The number of esters is 4. The lowest BCUT2D eigenvalue weighted by molar-refractivity contribution is -0.183. The molecule has 0 aliphatic carbocycles. The molecule has 0 aromatic rings. The smallest absolute Gasteiger partial charge is 0.335 e. The van der Waals surface area contributed by atoms with Crippen molar-refractivity contribution in [3.05, 3.63) is 12.2 Å². The summed E-state index contributed by atoms with van der Waals surface area (Å²) in [6, 6.07) is 0. The fourth-order valence-corrected chi connectivity index (χ4v) is 1.77. The Balaban J connectivity index is 5.96. The van der Waals surface area contributed by atoms with E-state index >= 15 is 0 Å². The maximum atomic E-state index is 12.3. The van der Waals surface area contributed by atoms with Crippen molar-refractivity contribution in [2.75, 3.05) is 26.9 Å². The van der Waals surface area contributed by atoms with Crippen LogP contribution >= 0.6 is 0 Å². The van der Waals surface area contributed by atoms with Gasteiger partial charge in [-0.3, -0.25) is 14.4 Å². The molecule has 23 heavy (non-hydrogen) atoms. The highest BCUT2D eigenvalue weighted by Crippen LogP contribution is 2.32. The fraction of sp³-hybridized carbons (Fsp3) is 0.600. The van der Waals surface area contributed by atoms with Crippen LogP contribution in [-0.4, -0.2) is 50.8 Å². The van der Waals surface area contributed by atoms with Crippen LogP contribution in [0.25, 0.3) is 0 Å². The summed E-state index contributed by atoms with van der Waals surface area (Å²) in [4.78, 5) is 48.5. The van der Waals surface area contributed by atoms with Gasteiger partial charge in [-0.15, -0.1) is 0 Å². The van der Waals surface area contributed by atoms with Gasteiger partial charge in [-0.25, -0.2) is 4.79 Å². The minimum Gasteiger partial charge on any atom is -0.466 e. The molecular formula is C15H22O8. The Labute approximate surface area is 134 Å². The largest absolute Gasteiger partial charge is 0.466 e. The minimum atomic E-state index is -2.45. The topological polar surface area (TPSA) is 105 Å². The summed E-state index contributed by atoms with van der Waals surface area (Å²) < 4.78 is 19.0. The molecule has 0 spiro atoms.